The first kappa shape index (κ1) is 12.2. The number of hydrogen-bond acceptors (Lipinski definition) is 1. The van der Waals surface area contributed by atoms with E-state index in [4.69, 9.17) is 0 Å². The minimum atomic E-state index is 0.872. The lowest BCUT2D eigenvalue weighted by molar-refractivity contribution is 1.14. The normalized spacial score (nSPS) is 10.1. The van der Waals surface area contributed by atoms with Crippen molar-refractivity contribution in [2.75, 3.05) is 5.32 Å². The molecule has 2 aromatic rings. The fourth-order valence-electron chi connectivity index (χ4n) is 1.40. The maximum Gasteiger partial charge on any atom is 0.0478 e. The van der Waals surface area contributed by atoms with Crippen LogP contribution in [-0.2, 0) is 6.54 Å². The topological polar surface area (TPSA) is 12.0 Å². The maximum atomic E-state index is 3.44. The summed E-state index contributed by atoms with van der Waals surface area (Å²) >= 11 is 4.66. The first-order chi connectivity index (χ1) is 7.75. The van der Waals surface area contributed by atoms with Crippen molar-refractivity contribution in [1.29, 1.82) is 0 Å². The summed E-state index contributed by atoms with van der Waals surface area (Å²) in [5.74, 6) is 0. The van der Waals surface area contributed by atoms with E-state index in [9.17, 15) is 0 Å². The molecule has 0 aromatic heterocycles. The van der Waals surface area contributed by atoms with Crippen LogP contribution in [0.1, 0.15) is 5.56 Å². The summed E-state index contributed by atoms with van der Waals surface area (Å²) in [6.07, 6.45) is 0. The smallest absolute Gasteiger partial charge is 0.0478 e. The van der Waals surface area contributed by atoms with Crippen LogP contribution in [-0.4, -0.2) is 0 Å². The largest absolute Gasteiger partial charge is 0.380 e. The Hall–Kier alpha value is -0.300. The van der Waals surface area contributed by atoms with Crippen LogP contribution >= 0.6 is 45.2 Å². The van der Waals surface area contributed by atoms with Crippen LogP contribution in [0.4, 0.5) is 5.69 Å². The number of rotatable bonds is 3. The van der Waals surface area contributed by atoms with Crippen LogP contribution < -0.4 is 5.32 Å². The Balaban J connectivity index is 2.02. The van der Waals surface area contributed by atoms with Crippen LogP contribution in [0.3, 0.4) is 0 Å². The molecule has 82 valence electrons. The van der Waals surface area contributed by atoms with Gasteiger partial charge in [0.15, 0.2) is 0 Å². The van der Waals surface area contributed by atoms with Crippen molar-refractivity contribution in [3.8, 4) is 0 Å². The SMILES string of the molecule is Ic1ccc(CNc2ccccc2I)cc1. The minimum absolute atomic E-state index is 0.872. The standard InChI is InChI=1S/C13H11I2N/c14-11-7-5-10(6-8-11)9-16-13-4-2-1-3-12(13)15/h1-8,16H,9H2. The van der Waals surface area contributed by atoms with Crippen LogP contribution in [0.15, 0.2) is 48.5 Å². The Bertz CT molecular complexity index is 466. The fourth-order valence-corrected chi connectivity index (χ4v) is 2.34. The van der Waals surface area contributed by atoms with Gasteiger partial charge >= 0.3 is 0 Å². The molecule has 0 saturated carbocycles. The van der Waals surface area contributed by atoms with Crippen LogP contribution in [0, 0.1) is 7.14 Å². The number of para-hydroxylation sites is 1. The van der Waals surface area contributed by atoms with Crippen molar-refractivity contribution in [2.24, 2.45) is 0 Å². The van der Waals surface area contributed by atoms with E-state index < -0.39 is 0 Å². The second-order valence-corrected chi connectivity index (χ2v) is 5.87. The second-order valence-electron chi connectivity index (χ2n) is 3.46. The van der Waals surface area contributed by atoms with Gasteiger partial charge in [-0.25, -0.2) is 0 Å². The van der Waals surface area contributed by atoms with Crippen molar-refractivity contribution in [3.05, 3.63) is 61.2 Å². The van der Waals surface area contributed by atoms with Gasteiger partial charge in [-0.3, -0.25) is 0 Å². The van der Waals surface area contributed by atoms with E-state index in [-0.39, 0.29) is 0 Å². The first-order valence-corrected chi connectivity index (χ1v) is 7.14. The number of anilines is 1. The van der Waals surface area contributed by atoms with Gasteiger partial charge in [0.05, 0.1) is 0 Å². The van der Waals surface area contributed by atoms with Crippen molar-refractivity contribution >= 4 is 50.9 Å². The van der Waals surface area contributed by atoms with E-state index in [1.54, 1.807) is 0 Å². The van der Waals surface area contributed by atoms with Gasteiger partial charge in [0.25, 0.3) is 0 Å². The molecule has 1 nitrogen and oxygen atoms in total. The monoisotopic (exact) mass is 435 g/mol. The van der Waals surface area contributed by atoms with Gasteiger partial charge in [0, 0.05) is 19.4 Å². The summed E-state index contributed by atoms with van der Waals surface area (Å²) in [5, 5.41) is 3.44. The molecule has 0 aliphatic carbocycles. The van der Waals surface area contributed by atoms with Crippen molar-refractivity contribution in [1.82, 2.24) is 0 Å². The molecule has 0 unspecified atom stereocenters. The Morgan fingerprint density at radius 1 is 0.875 bits per heavy atom. The zero-order chi connectivity index (χ0) is 11.4. The Labute approximate surface area is 123 Å². The fraction of sp³-hybridized carbons (Fsp3) is 0.0769. The van der Waals surface area contributed by atoms with E-state index in [2.05, 4.69) is 99.0 Å². The Morgan fingerprint density at radius 2 is 1.56 bits per heavy atom. The molecule has 2 rings (SSSR count). The van der Waals surface area contributed by atoms with Gasteiger partial charge in [0.2, 0.25) is 0 Å². The van der Waals surface area contributed by atoms with Crippen molar-refractivity contribution in [2.45, 2.75) is 6.54 Å². The number of halogens is 2. The number of benzene rings is 2. The van der Waals surface area contributed by atoms with Gasteiger partial charge in [-0.05, 0) is 75.0 Å². The lowest BCUT2D eigenvalue weighted by atomic mass is 10.2. The van der Waals surface area contributed by atoms with E-state index in [1.165, 1.54) is 18.4 Å². The van der Waals surface area contributed by atoms with Gasteiger partial charge in [-0.1, -0.05) is 24.3 Å². The van der Waals surface area contributed by atoms with Gasteiger partial charge < -0.3 is 5.32 Å². The molecule has 16 heavy (non-hydrogen) atoms. The summed E-state index contributed by atoms with van der Waals surface area (Å²) in [6, 6.07) is 16.9. The van der Waals surface area contributed by atoms with Crippen molar-refractivity contribution in [3.63, 3.8) is 0 Å². The highest BCUT2D eigenvalue weighted by atomic mass is 127. The molecule has 0 spiro atoms. The molecular formula is C13H11I2N. The molecule has 1 N–H and O–H groups in total. The third kappa shape index (κ3) is 3.35. The lowest BCUT2D eigenvalue weighted by Crippen LogP contribution is -2.00. The highest BCUT2D eigenvalue weighted by Crippen LogP contribution is 2.18. The summed E-state index contributed by atoms with van der Waals surface area (Å²) in [4.78, 5) is 0. The van der Waals surface area contributed by atoms with Gasteiger partial charge in [-0.2, -0.15) is 0 Å². The molecule has 0 amide bonds. The van der Waals surface area contributed by atoms with Gasteiger partial charge in [-0.15, -0.1) is 0 Å². The molecule has 0 atom stereocenters. The highest BCUT2D eigenvalue weighted by molar-refractivity contribution is 14.1. The summed E-state index contributed by atoms with van der Waals surface area (Å²) in [5.41, 5.74) is 2.50. The predicted molar refractivity (Wildman–Crippen MR) is 85.6 cm³/mol. The van der Waals surface area contributed by atoms with Crippen molar-refractivity contribution < 1.29 is 0 Å². The molecule has 0 aliphatic heterocycles. The molecule has 0 radical (unpaired) electrons. The van der Waals surface area contributed by atoms with Crippen LogP contribution in [0.2, 0.25) is 0 Å². The van der Waals surface area contributed by atoms with E-state index in [1.807, 2.05) is 0 Å². The maximum absolute atomic E-state index is 3.44. The summed E-state index contributed by atoms with van der Waals surface area (Å²) in [6.45, 7) is 0.872. The Kier molecular flexibility index (Phi) is 4.45. The molecule has 0 heterocycles. The molecular weight excluding hydrogens is 424 g/mol. The highest BCUT2D eigenvalue weighted by Gasteiger charge is 1.97. The minimum Gasteiger partial charge on any atom is -0.380 e. The summed E-state index contributed by atoms with van der Waals surface area (Å²) in [7, 11) is 0. The quantitative estimate of drug-likeness (QED) is 0.701. The zero-order valence-electron chi connectivity index (χ0n) is 8.58. The molecule has 0 bridgehead atoms. The van der Waals surface area contributed by atoms with Crippen LogP contribution in [0.5, 0.6) is 0 Å². The van der Waals surface area contributed by atoms with E-state index >= 15 is 0 Å². The van der Waals surface area contributed by atoms with Gasteiger partial charge in [0.1, 0.15) is 0 Å². The zero-order valence-corrected chi connectivity index (χ0v) is 12.9. The second kappa shape index (κ2) is 5.86. The average Bonchev–Trinajstić information content (AvgIpc) is 2.30. The Morgan fingerprint density at radius 3 is 2.25 bits per heavy atom. The van der Waals surface area contributed by atoms with E-state index in [0.29, 0.717) is 0 Å². The summed E-state index contributed by atoms with van der Waals surface area (Å²) < 4.78 is 2.53. The molecule has 0 aliphatic rings. The molecule has 3 heteroatoms. The average molecular weight is 435 g/mol. The molecule has 2 aromatic carbocycles. The third-order valence-electron chi connectivity index (χ3n) is 2.27. The first-order valence-electron chi connectivity index (χ1n) is 4.98. The third-order valence-corrected chi connectivity index (χ3v) is 3.93. The van der Waals surface area contributed by atoms with E-state index in [0.717, 1.165) is 6.54 Å². The molecule has 0 saturated heterocycles. The molecule has 0 fully saturated rings. The van der Waals surface area contributed by atoms with Crippen LogP contribution in [0.25, 0.3) is 0 Å². The number of hydrogen-bond donors (Lipinski definition) is 1. The number of nitrogens with one attached hydrogen (secondary N) is 1. The lowest BCUT2D eigenvalue weighted by Gasteiger charge is -2.08. The predicted octanol–water partition coefficient (Wildman–Crippen LogP) is 4.51.